The molecule has 0 heterocycles. The summed E-state index contributed by atoms with van der Waals surface area (Å²) in [5, 5.41) is 12.3. The fourth-order valence-electron chi connectivity index (χ4n) is 2.06. The summed E-state index contributed by atoms with van der Waals surface area (Å²) in [7, 11) is 0. The highest BCUT2D eigenvalue weighted by molar-refractivity contribution is 6.30. The summed E-state index contributed by atoms with van der Waals surface area (Å²) in [6, 6.07) is 6.14. The molecule has 1 aliphatic carbocycles. The molecular weight excluding hydrogens is 280 g/mol. The quantitative estimate of drug-likeness (QED) is 0.878. The van der Waals surface area contributed by atoms with Crippen molar-refractivity contribution in [2.45, 2.75) is 19.3 Å². The van der Waals surface area contributed by atoms with E-state index in [1.165, 1.54) is 11.3 Å². The van der Waals surface area contributed by atoms with E-state index >= 15 is 0 Å². The van der Waals surface area contributed by atoms with Gasteiger partial charge in [-0.15, -0.1) is 0 Å². The molecule has 2 amide bonds. The van der Waals surface area contributed by atoms with Crippen molar-refractivity contribution < 1.29 is 14.7 Å². The molecule has 108 valence electrons. The number of aliphatic carboxylic acids is 1. The first-order valence-corrected chi connectivity index (χ1v) is 6.97. The summed E-state index contributed by atoms with van der Waals surface area (Å²) >= 11 is 5.80. The molecule has 0 aromatic heterocycles. The number of carboxylic acid groups (broad SMARTS) is 1. The third-order valence-electron chi connectivity index (χ3n) is 3.44. The lowest BCUT2D eigenvalue weighted by molar-refractivity contribution is -0.135. The van der Waals surface area contributed by atoms with Crippen molar-refractivity contribution in [1.82, 2.24) is 5.32 Å². The number of benzene rings is 1. The number of nitrogens with one attached hydrogen (secondary N) is 1. The van der Waals surface area contributed by atoms with Gasteiger partial charge in [0.2, 0.25) is 0 Å². The molecule has 0 bridgehead atoms. The molecule has 0 atom stereocenters. The molecule has 0 radical (unpaired) electrons. The van der Waals surface area contributed by atoms with Crippen LogP contribution < -0.4 is 10.2 Å². The molecule has 1 aromatic carbocycles. The molecule has 0 saturated heterocycles. The van der Waals surface area contributed by atoms with Gasteiger partial charge < -0.3 is 10.4 Å². The fraction of sp³-hybridized carbons (Fsp3) is 0.429. The maximum Gasteiger partial charge on any atom is 0.323 e. The molecule has 0 aliphatic heterocycles. The summed E-state index contributed by atoms with van der Waals surface area (Å²) in [4.78, 5) is 24.2. The molecule has 1 fully saturated rings. The number of nitrogens with zero attached hydrogens (tertiary/aromatic N) is 1. The van der Waals surface area contributed by atoms with Crippen molar-refractivity contribution in [3.8, 4) is 0 Å². The predicted octanol–water partition coefficient (Wildman–Crippen LogP) is 2.74. The Morgan fingerprint density at radius 2 is 1.95 bits per heavy atom. The van der Waals surface area contributed by atoms with E-state index in [9.17, 15) is 9.59 Å². The normalized spacial score (nSPS) is 14.4. The molecule has 0 spiro atoms. The van der Waals surface area contributed by atoms with Crippen LogP contribution in [-0.2, 0) is 4.79 Å². The van der Waals surface area contributed by atoms with Gasteiger partial charge in [-0.25, -0.2) is 4.79 Å². The highest BCUT2D eigenvalue weighted by atomic mass is 35.5. The summed E-state index contributed by atoms with van der Waals surface area (Å²) < 4.78 is 0. The zero-order valence-electron chi connectivity index (χ0n) is 11.0. The second-order valence-electron chi connectivity index (χ2n) is 4.94. The number of carboxylic acids is 1. The minimum atomic E-state index is -1.06. The lowest BCUT2D eigenvalue weighted by Crippen LogP contribution is -2.45. The van der Waals surface area contributed by atoms with Crippen LogP contribution >= 0.6 is 11.6 Å². The Bertz CT molecular complexity index is 486. The van der Waals surface area contributed by atoms with E-state index in [4.69, 9.17) is 16.7 Å². The van der Waals surface area contributed by atoms with Crippen LogP contribution in [0.1, 0.15) is 19.3 Å². The van der Waals surface area contributed by atoms with E-state index in [2.05, 4.69) is 5.32 Å². The molecular formula is C14H17ClN2O3. The highest BCUT2D eigenvalue weighted by Gasteiger charge is 2.22. The number of amides is 2. The number of carbonyl (C=O) groups is 2. The van der Waals surface area contributed by atoms with E-state index < -0.39 is 5.97 Å². The summed E-state index contributed by atoms with van der Waals surface area (Å²) in [6.07, 6.45) is 3.46. The first-order chi connectivity index (χ1) is 9.56. The van der Waals surface area contributed by atoms with Crippen LogP contribution in [0.3, 0.4) is 0 Å². The Kier molecular flexibility index (Phi) is 4.84. The van der Waals surface area contributed by atoms with Crippen LogP contribution in [0.15, 0.2) is 24.3 Å². The standard InChI is InChI=1S/C14H17ClN2O3/c15-11-4-6-12(7-5-11)17(9-13(18)19)14(20)16-8-10-2-1-3-10/h4-7,10H,1-3,8-9H2,(H,16,20)(H,18,19). The van der Waals surface area contributed by atoms with Crippen molar-refractivity contribution in [3.63, 3.8) is 0 Å². The van der Waals surface area contributed by atoms with Gasteiger partial charge in [0.25, 0.3) is 0 Å². The Balaban J connectivity index is 2.03. The van der Waals surface area contributed by atoms with Gasteiger partial charge in [-0.3, -0.25) is 9.69 Å². The smallest absolute Gasteiger partial charge is 0.323 e. The van der Waals surface area contributed by atoms with Gasteiger partial charge in [-0.2, -0.15) is 0 Å². The van der Waals surface area contributed by atoms with Gasteiger partial charge in [-0.1, -0.05) is 18.0 Å². The van der Waals surface area contributed by atoms with Crippen LogP contribution in [0, 0.1) is 5.92 Å². The second-order valence-corrected chi connectivity index (χ2v) is 5.38. The average molecular weight is 297 g/mol. The lowest BCUT2D eigenvalue weighted by atomic mass is 9.85. The Labute approximate surface area is 122 Å². The molecule has 1 saturated carbocycles. The van der Waals surface area contributed by atoms with Crippen molar-refractivity contribution in [2.75, 3.05) is 18.0 Å². The maximum atomic E-state index is 12.1. The third-order valence-corrected chi connectivity index (χ3v) is 3.70. The van der Waals surface area contributed by atoms with E-state index in [1.54, 1.807) is 24.3 Å². The number of anilines is 1. The van der Waals surface area contributed by atoms with Crippen molar-refractivity contribution in [1.29, 1.82) is 0 Å². The largest absolute Gasteiger partial charge is 0.480 e. The zero-order valence-corrected chi connectivity index (χ0v) is 11.8. The molecule has 20 heavy (non-hydrogen) atoms. The van der Waals surface area contributed by atoms with Crippen LogP contribution in [-0.4, -0.2) is 30.2 Å². The minimum Gasteiger partial charge on any atom is -0.480 e. The lowest BCUT2D eigenvalue weighted by Gasteiger charge is -2.27. The highest BCUT2D eigenvalue weighted by Crippen LogP contribution is 2.25. The van der Waals surface area contributed by atoms with Gasteiger partial charge in [0, 0.05) is 17.3 Å². The molecule has 6 heteroatoms. The number of rotatable bonds is 5. The van der Waals surface area contributed by atoms with Gasteiger partial charge in [0.05, 0.1) is 0 Å². The topological polar surface area (TPSA) is 69.6 Å². The first kappa shape index (κ1) is 14.7. The molecule has 1 aliphatic rings. The van der Waals surface area contributed by atoms with Crippen LogP contribution in [0.25, 0.3) is 0 Å². The molecule has 0 unspecified atom stereocenters. The van der Waals surface area contributed by atoms with Gasteiger partial charge in [0.1, 0.15) is 6.54 Å². The minimum absolute atomic E-state index is 0.377. The zero-order chi connectivity index (χ0) is 14.5. The van der Waals surface area contributed by atoms with E-state index in [1.807, 2.05) is 0 Å². The van der Waals surface area contributed by atoms with Gasteiger partial charge in [0.15, 0.2) is 0 Å². The average Bonchev–Trinajstić information content (AvgIpc) is 2.35. The molecule has 2 rings (SSSR count). The second kappa shape index (κ2) is 6.61. The number of halogens is 1. The summed E-state index contributed by atoms with van der Waals surface area (Å²) in [5.74, 6) is -0.533. The summed E-state index contributed by atoms with van der Waals surface area (Å²) in [5.41, 5.74) is 0.517. The van der Waals surface area contributed by atoms with Crippen molar-refractivity contribution >= 4 is 29.3 Å². The number of urea groups is 1. The molecule has 1 aromatic rings. The first-order valence-electron chi connectivity index (χ1n) is 6.59. The van der Waals surface area contributed by atoms with Crippen LogP contribution in [0.5, 0.6) is 0 Å². The SMILES string of the molecule is O=C(O)CN(C(=O)NCC1CCC1)c1ccc(Cl)cc1. The van der Waals surface area contributed by atoms with Gasteiger partial charge in [-0.05, 0) is 43.0 Å². The number of carbonyl (C=O) groups excluding carboxylic acids is 1. The van der Waals surface area contributed by atoms with E-state index in [-0.39, 0.29) is 12.6 Å². The van der Waals surface area contributed by atoms with Crippen molar-refractivity contribution in [2.24, 2.45) is 5.92 Å². The van der Waals surface area contributed by atoms with Gasteiger partial charge >= 0.3 is 12.0 Å². The third kappa shape index (κ3) is 3.87. The maximum absolute atomic E-state index is 12.1. The number of hydrogen-bond acceptors (Lipinski definition) is 2. The monoisotopic (exact) mass is 296 g/mol. The van der Waals surface area contributed by atoms with Crippen LogP contribution in [0.2, 0.25) is 5.02 Å². The Morgan fingerprint density at radius 1 is 1.30 bits per heavy atom. The Morgan fingerprint density at radius 3 is 2.45 bits per heavy atom. The Hall–Kier alpha value is -1.75. The number of hydrogen-bond donors (Lipinski definition) is 2. The molecule has 5 nitrogen and oxygen atoms in total. The fourth-order valence-corrected chi connectivity index (χ4v) is 2.19. The van der Waals surface area contributed by atoms with Crippen molar-refractivity contribution in [3.05, 3.63) is 29.3 Å². The van der Waals surface area contributed by atoms with Crippen LogP contribution in [0.4, 0.5) is 10.5 Å². The summed E-state index contributed by atoms with van der Waals surface area (Å²) in [6.45, 7) is 0.223. The van der Waals surface area contributed by atoms with E-state index in [0.717, 1.165) is 12.8 Å². The predicted molar refractivity (Wildman–Crippen MR) is 77.2 cm³/mol. The van der Waals surface area contributed by atoms with E-state index in [0.29, 0.717) is 23.2 Å². The molecule has 2 N–H and O–H groups in total.